The molecule has 19 heavy (non-hydrogen) atoms. The molecule has 0 spiro atoms. The minimum atomic E-state index is -0.286. The standard InChI is InChI=1S/C14H15FN2OS/c15-11-3-5-12(6-4-11)17-10-14(18)16-8-7-13-2-1-9-19-13/h1-6,9,17H,7-8,10H2,(H,16,18). The molecular formula is C14H15FN2OS. The first-order valence-corrected chi connectivity index (χ1v) is 6.90. The third kappa shape index (κ3) is 4.71. The molecule has 2 N–H and O–H groups in total. The van der Waals surface area contributed by atoms with Crippen LogP contribution in [0.4, 0.5) is 10.1 Å². The molecule has 0 bridgehead atoms. The highest BCUT2D eigenvalue weighted by molar-refractivity contribution is 7.09. The predicted octanol–water partition coefficient (Wildman–Crippen LogP) is 2.66. The Morgan fingerprint density at radius 1 is 1.21 bits per heavy atom. The zero-order chi connectivity index (χ0) is 13.5. The van der Waals surface area contributed by atoms with E-state index in [0.29, 0.717) is 6.54 Å². The van der Waals surface area contributed by atoms with Crippen molar-refractivity contribution in [3.8, 4) is 0 Å². The zero-order valence-corrected chi connectivity index (χ0v) is 11.2. The van der Waals surface area contributed by atoms with Crippen molar-refractivity contribution in [1.82, 2.24) is 5.32 Å². The molecule has 0 fully saturated rings. The molecule has 0 aliphatic heterocycles. The number of thiophene rings is 1. The molecule has 2 rings (SSSR count). The average Bonchev–Trinajstić information content (AvgIpc) is 2.91. The minimum Gasteiger partial charge on any atom is -0.376 e. The van der Waals surface area contributed by atoms with E-state index in [1.165, 1.54) is 17.0 Å². The topological polar surface area (TPSA) is 41.1 Å². The van der Waals surface area contributed by atoms with Crippen molar-refractivity contribution in [3.63, 3.8) is 0 Å². The molecule has 0 saturated heterocycles. The van der Waals surface area contributed by atoms with Gasteiger partial charge in [0.15, 0.2) is 0 Å². The number of halogens is 1. The molecule has 100 valence electrons. The van der Waals surface area contributed by atoms with Gasteiger partial charge in [0, 0.05) is 17.1 Å². The van der Waals surface area contributed by atoms with Crippen LogP contribution in [0.1, 0.15) is 4.88 Å². The second-order valence-electron chi connectivity index (χ2n) is 4.04. The lowest BCUT2D eigenvalue weighted by Crippen LogP contribution is -2.31. The Bertz CT molecular complexity index is 511. The van der Waals surface area contributed by atoms with E-state index in [-0.39, 0.29) is 18.3 Å². The Hall–Kier alpha value is -1.88. The van der Waals surface area contributed by atoms with E-state index in [1.807, 2.05) is 17.5 Å². The van der Waals surface area contributed by atoms with Crippen LogP contribution in [0.15, 0.2) is 41.8 Å². The highest BCUT2D eigenvalue weighted by atomic mass is 32.1. The van der Waals surface area contributed by atoms with E-state index < -0.39 is 0 Å². The van der Waals surface area contributed by atoms with Crippen LogP contribution in [0.5, 0.6) is 0 Å². The molecule has 1 amide bonds. The van der Waals surface area contributed by atoms with Crippen molar-refractivity contribution < 1.29 is 9.18 Å². The third-order valence-corrected chi connectivity index (χ3v) is 3.51. The molecule has 2 aromatic rings. The first-order chi connectivity index (χ1) is 9.24. The van der Waals surface area contributed by atoms with Gasteiger partial charge in [0.25, 0.3) is 0 Å². The molecule has 0 aliphatic carbocycles. The summed E-state index contributed by atoms with van der Waals surface area (Å²) >= 11 is 1.68. The molecule has 0 atom stereocenters. The summed E-state index contributed by atoms with van der Waals surface area (Å²) < 4.78 is 12.7. The maximum absolute atomic E-state index is 12.7. The van der Waals surface area contributed by atoms with Crippen molar-refractivity contribution in [2.24, 2.45) is 0 Å². The van der Waals surface area contributed by atoms with Crippen molar-refractivity contribution in [2.45, 2.75) is 6.42 Å². The fourth-order valence-electron chi connectivity index (χ4n) is 1.59. The lowest BCUT2D eigenvalue weighted by Gasteiger charge is -2.07. The molecule has 1 heterocycles. The zero-order valence-electron chi connectivity index (χ0n) is 10.4. The largest absolute Gasteiger partial charge is 0.376 e. The predicted molar refractivity (Wildman–Crippen MR) is 75.9 cm³/mol. The molecule has 0 unspecified atom stereocenters. The van der Waals surface area contributed by atoms with Gasteiger partial charge in [-0.1, -0.05) is 6.07 Å². The molecule has 0 radical (unpaired) electrons. The number of anilines is 1. The fraction of sp³-hybridized carbons (Fsp3) is 0.214. The quantitative estimate of drug-likeness (QED) is 0.853. The van der Waals surface area contributed by atoms with Gasteiger partial charge in [-0.3, -0.25) is 4.79 Å². The average molecular weight is 278 g/mol. The normalized spacial score (nSPS) is 10.2. The molecular weight excluding hydrogens is 263 g/mol. The van der Waals surface area contributed by atoms with Crippen LogP contribution in [0.3, 0.4) is 0 Å². The van der Waals surface area contributed by atoms with Crippen molar-refractivity contribution >= 4 is 22.9 Å². The van der Waals surface area contributed by atoms with Crippen LogP contribution in [0.2, 0.25) is 0 Å². The van der Waals surface area contributed by atoms with E-state index in [1.54, 1.807) is 23.5 Å². The second kappa shape index (κ2) is 6.89. The number of hydrogen-bond donors (Lipinski definition) is 2. The number of nitrogens with one attached hydrogen (secondary N) is 2. The highest BCUT2D eigenvalue weighted by Gasteiger charge is 2.01. The van der Waals surface area contributed by atoms with Crippen molar-refractivity contribution in [1.29, 1.82) is 0 Å². The Morgan fingerprint density at radius 3 is 2.68 bits per heavy atom. The van der Waals surface area contributed by atoms with Crippen LogP contribution in [0, 0.1) is 5.82 Å². The summed E-state index contributed by atoms with van der Waals surface area (Å²) in [5.74, 6) is -0.355. The molecule has 3 nitrogen and oxygen atoms in total. The number of carbonyl (C=O) groups is 1. The Labute approximate surface area is 115 Å². The summed E-state index contributed by atoms with van der Waals surface area (Å²) in [6.07, 6.45) is 0.847. The van der Waals surface area contributed by atoms with Crippen LogP contribution >= 0.6 is 11.3 Å². The Kier molecular flexibility index (Phi) is 4.92. The summed E-state index contributed by atoms with van der Waals surface area (Å²) in [4.78, 5) is 12.8. The van der Waals surface area contributed by atoms with E-state index in [4.69, 9.17) is 0 Å². The summed E-state index contributed by atoms with van der Waals surface area (Å²) in [5, 5.41) is 7.79. The molecule has 5 heteroatoms. The van der Waals surface area contributed by atoms with Gasteiger partial charge in [-0.25, -0.2) is 4.39 Å². The maximum atomic E-state index is 12.7. The SMILES string of the molecule is O=C(CNc1ccc(F)cc1)NCCc1cccs1. The minimum absolute atomic E-state index is 0.0686. The number of hydrogen-bond acceptors (Lipinski definition) is 3. The second-order valence-corrected chi connectivity index (χ2v) is 5.07. The lowest BCUT2D eigenvalue weighted by atomic mass is 10.3. The summed E-state index contributed by atoms with van der Waals surface area (Å²) in [5.41, 5.74) is 0.731. The van der Waals surface area contributed by atoms with Crippen molar-refractivity contribution in [3.05, 3.63) is 52.5 Å². The van der Waals surface area contributed by atoms with Gasteiger partial charge < -0.3 is 10.6 Å². The number of benzene rings is 1. The van der Waals surface area contributed by atoms with Gasteiger partial charge >= 0.3 is 0 Å². The number of rotatable bonds is 6. The fourth-order valence-corrected chi connectivity index (χ4v) is 2.30. The van der Waals surface area contributed by atoms with Gasteiger partial charge in [0.2, 0.25) is 5.91 Å². The Morgan fingerprint density at radius 2 is 2.00 bits per heavy atom. The molecule has 0 saturated carbocycles. The van der Waals surface area contributed by atoms with E-state index in [9.17, 15) is 9.18 Å². The Balaban J connectivity index is 1.65. The van der Waals surface area contributed by atoms with Crippen LogP contribution in [-0.2, 0) is 11.2 Å². The van der Waals surface area contributed by atoms with Gasteiger partial charge in [-0.2, -0.15) is 0 Å². The van der Waals surface area contributed by atoms with Crippen LogP contribution < -0.4 is 10.6 Å². The van der Waals surface area contributed by atoms with Crippen LogP contribution in [0.25, 0.3) is 0 Å². The first kappa shape index (κ1) is 13.5. The van der Waals surface area contributed by atoms with Gasteiger partial charge in [-0.15, -0.1) is 11.3 Å². The molecule has 0 aliphatic rings. The maximum Gasteiger partial charge on any atom is 0.239 e. The smallest absolute Gasteiger partial charge is 0.239 e. The van der Waals surface area contributed by atoms with Gasteiger partial charge in [0.1, 0.15) is 5.82 Å². The molecule has 1 aromatic heterocycles. The third-order valence-electron chi connectivity index (χ3n) is 2.57. The summed E-state index contributed by atoms with van der Waals surface area (Å²) in [6.45, 7) is 0.820. The van der Waals surface area contributed by atoms with E-state index in [2.05, 4.69) is 10.6 Å². The number of carbonyl (C=O) groups excluding carboxylic acids is 1. The molecule has 1 aromatic carbocycles. The summed E-state index contributed by atoms with van der Waals surface area (Å²) in [7, 11) is 0. The van der Waals surface area contributed by atoms with Crippen LogP contribution in [-0.4, -0.2) is 19.0 Å². The first-order valence-electron chi connectivity index (χ1n) is 6.02. The lowest BCUT2D eigenvalue weighted by molar-refractivity contribution is -0.119. The van der Waals surface area contributed by atoms with Gasteiger partial charge in [-0.05, 0) is 42.1 Å². The number of amides is 1. The van der Waals surface area contributed by atoms with E-state index >= 15 is 0 Å². The monoisotopic (exact) mass is 278 g/mol. The van der Waals surface area contributed by atoms with E-state index in [0.717, 1.165) is 12.1 Å². The van der Waals surface area contributed by atoms with Gasteiger partial charge in [0.05, 0.1) is 6.54 Å². The van der Waals surface area contributed by atoms with Crippen molar-refractivity contribution in [2.75, 3.05) is 18.4 Å². The highest BCUT2D eigenvalue weighted by Crippen LogP contribution is 2.08. The summed E-state index contributed by atoms with van der Waals surface area (Å²) in [6, 6.07) is 9.97.